The number of pyridine rings is 1. The Labute approximate surface area is 115 Å². The highest BCUT2D eigenvalue weighted by molar-refractivity contribution is 5.71. The maximum absolute atomic E-state index is 4.19. The van der Waals surface area contributed by atoms with Crippen molar-refractivity contribution in [3.05, 3.63) is 60.6 Å². The summed E-state index contributed by atoms with van der Waals surface area (Å²) in [6.07, 6.45) is 7.64. The van der Waals surface area contributed by atoms with E-state index in [1.165, 1.54) is 22.4 Å². The quantitative estimate of drug-likeness (QED) is 0.843. The fourth-order valence-electron chi connectivity index (χ4n) is 2.34. The monoisotopic (exact) mass is 252 g/mol. The number of hydrogen-bond acceptors (Lipinski definition) is 2. The number of rotatable bonds is 5. The van der Waals surface area contributed by atoms with Crippen molar-refractivity contribution in [2.24, 2.45) is 0 Å². The van der Waals surface area contributed by atoms with Crippen LogP contribution in [-0.2, 0) is 6.42 Å². The van der Waals surface area contributed by atoms with Gasteiger partial charge in [0, 0.05) is 23.6 Å². The molecule has 0 unspecified atom stereocenters. The van der Waals surface area contributed by atoms with E-state index in [9.17, 15) is 0 Å². The molecule has 0 aliphatic heterocycles. The lowest BCUT2D eigenvalue weighted by Gasteiger charge is -2.14. The maximum Gasteiger partial charge on any atom is 0.0442 e. The molecule has 0 radical (unpaired) electrons. The number of aromatic nitrogens is 1. The molecule has 0 aliphatic rings. The van der Waals surface area contributed by atoms with Gasteiger partial charge in [0.05, 0.1) is 0 Å². The average molecular weight is 252 g/mol. The Morgan fingerprint density at radius 2 is 2.16 bits per heavy atom. The first-order valence-corrected chi connectivity index (χ1v) is 6.67. The molecular formula is C17H20N2. The number of hydrogen-bond donors (Lipinski definition) is 1. The van der Waals surface area contributed by atoms with Crippen LogP contribution in [0.25, 0.3) is 11.1 Å². The zero-order valence-electron chi connectivity index (χ0n) is 11.6. The first kappa shape index (κ1) is 13.3. The van der Waals surface area contributed by atoms with Crippen LogP contribution in [0.4, 0.5) is 5.69 Å². The largest absolute Gasteiger partial charge is 0.362 e. The van der Waals surface area contributed by atoms with E-state index in [0.717, 1.165) is 18.4 Å². The molecule has 1 aromatic carbocycles. The summed E-state index contributed by atoms with van der Waals surface area (Å²) in [4.78, 5) is 4.19. The van der Waals surface area contributed by atoms with Crippen LogP contribution in [0.2, 0.25) is 0 Å². The van der Waals surface area contributed by atoms with Crippen LogP contribution in [0.15, 0.2) is 49.4 Å². The summed E-state index contributed by atoms with van der Waals surface area (Å²) in [5.74, 6) is 0. The molecule has 2 aromatic rings. The minimum atomic E-state index is 1.06. The first-order valence-electron chi connectivity index (χ1n) is 6.67. The molecule has 98 valence electrons. The number of nitrogens with one attached hydrogen (secondary N) is 1. The van der Waals surface area contributed by atoms with Gasteiger partial charge < -0.3 is 5.32 Å². The van der Waals surface area contributed by atoms with Crippen LogP contribution >= 0.6 is 0 Å². The molecule has 1 N–H and O–H groups in total. The molecule has 0 spiro atoms. The van der Waals surface area contributed by atoms with E-state index in [1.54, 1.807) is 12.4 Å². The molecule has 0 aliphatic carbocycles. The Balaban J connectivity index is 2.50. The van der Waals surface area contributed by atoms with Crippen molar-refractivity contribution < 1.29 is 0 Å². The fourth-order valence-corrected chi connectivity index (χ4v) is 2.34. The van der Waals surface area contributed by atoms with Gasteiger partial charge in [-0.3, -0.25) is 4.98 Å². The fraction of sp³-hybridized carbons (Fsp3) is 0.235. The normalized spacial score (nSPS) is 10.2. The Morgan fingerprint density at radius 1 is 1.32 bits per heavy atom. The molecule has 0 saturated heterocycles. The van der Waals surface area contributed by atoms with E-state index in [2.05, 4.69) is 48.9 Å². The molecule has 1 heterocycles. The molecule has 2 heteroatoms. The molecule has 0 amide bonds. The van der Waals surface area contributed by atoms with Crippen LogP contribution in [0.3, 0.4) is 0 Å². The van der Waals surface area contributed by atoms with Crippen LogP contribution in [0.1, 0.15) is 24.5 Å². The van der Waals surface area contributed by atoms with Crippen molar-refractivity contribution in [1.29, 1.82) is 0 Å². The van der Waals surface area contributed by atoms with Crippen molar-refractivity contribution >= 4 is 5.69 Å². The molecule has 2 rings (SSSR count). The molecule has 1 aromatic heterocycles. The summed E-state index contributed by atoms with van der Waals surface area (Å²) in [6, 6.07) is 8.51. The Bertz CT molecular complexity index is 559. The molecule has 0 saturated carbocycles. The molecular weight excluding hydrogens is 232 g/mol. The average Bonchev–Trinajstić information content (AvgIpc) is 2.43. The predicted molar refractivity (Wildman–Crippen MR) is 82.2 cm³/mol. The van der Waals surface area contributed by atoms with Crippen LogP contribution in [0.5, 0.6) is 0 Å². The van der Waals surface area contributed by atoms with Crippen molar-refractivity contribution in [3.63, 3.8) is 0 Å². The highest BCUT2D eigenvalue weighted by atomic mass is 14.8. The van der Waals surface area contributed by atoms with Crippen LogP contribution < -0.4 is 5.32 Å². The predicted octanol–water partition coefficient (Wildman–Crippen LogP) is 4.56. The van der Waals surface area contributed by atoms with Gasteiger partial charge in [-0.2, -0.15) is 0 Å². The first-order chi connectivity index (χ1) is 9.26. The summed E-state index contributed by atoms with van der Waals surface area (Å²) in [5, 5.41) is 3.26. The zero-order valence-corrected chi connectivity index (χ0v) is 11.6. The molecule has 0 atom stereocenters. The lowest BCUT2D eigenvalue weighted by molar-refractivity contribution is 0.922. The van der Waals surface area contributed by atoms with E-state index in [1.807, 2.05) is 12.3 Å². The van der Waals surface area contributed by atoms with Gasteiger partial charge in [-0.1, -0.05) is 26.0 Å². The van der Waals surface area contributed by atoms with Crippen molar-refractivity contribution in [3.8, 4) is 11.1 Å². The van der Waals surface area contributed by atoms with E-state index in [0.29, 0.717) is 0 Å². The van der Waals surface area contributed by atoms with Gasteiger partial charge in [0.2, 0.25) is 0 Å². The maximum atomic E-state index is 4.19. The van der Waals surface area contributed by atoms with E-state index in [-0.39, 0.29) is 0 Å². The standard InChI is InChI=1S/C17H20N2/c1-4-7-14-11-16(15-8-6-9-18-12-15)10-13(3)17(14)19-5-2/h5-6,8-12,19H,2,4,7H2,1,3H3. The van der Waals surface area contributed by atoms with E-state index < -0.39 is 0 Å². The van der Waals surface area contributed by atoms with Gasteiger partial charge in [-0.05, 0) is 54.4 Å². The number of aryl methyl sites for hydroxylation is 2. The zero-order chi connectivity index (χ0) is 13.7. The minimum Gasteiger partial charge on any atom is -0.362 e. The molecule has 0 bridgehead atoms. The van der Waals surface area contributed by atoms with Gasteiger partial charge in [0.15, 0.2) is 0 Å². The van der Waals surface area contributed by atoms with E-state index >= 15 is 0 Å². The van der Waals surface area contributed by atoms with Crippen LogP contribution in [0, 0.1) is 6.92 Å². The number of benzene rings is 1. The summed E-state index contributed by atoms with van der Waals surface area (Å²) in [7, 11) is 0. The molecule has 2 nitrogen and oxygen atoms in total. The second-order valence-electron chi connectivity index (χ2n) is 4.67. The third kappa shape index (κ3) is 3.02. The molecule has 19 heavy (non-hydrogen) atoms. The highest BCUT2D eigenvalue weighted by Gasteiger charge is 2.08. The van der Waals surface area contributed by atoms with Gasteiger partial charge in [-0.15, -0.1) is 0 Å². The van der Waals surface area contributed by atoms with Crippen molar-refractivity contribution in [1.82, 2.24) is 4.98 Å². The summed E-state index contributed by atoms with van der Waals surface area (Å²) < 4.78 is 0. The third-order valence-corrected chi connectivity index (χ3v) is 3.18. The smallest absolute Gasteiger partial charge is 0.0442 e. The summed E-state index contributed by atoms with van der Waals surface area (Å²) in [5.41, 5.74) is 6.15. The lowest BCUT2D eigenvalue weighted by Crippen LogP contribution is -1.98. The Hall–Kier alpha value is -2.09. The van der Waals surface area contributed by atoms with Crippen molar-refractivity contribution in [2.75, 3.05) is 5.32 Å². The van der Waals surface area contributed by atoms with Gasteiger partial charge in [-0.25, -0.2) is 0 Å². The minimum absolute atomic E-state index is 1.06. The third-order valence-electron chi connectivity index (χ3n) is 3.18. The van der Waals surface area contributed by atoms with Crippen LogP contribution in [-0.4, -0.2) is 4.98 Å². The summed E-state index contributed by atoms with van der Waals surface area (Å²) in [6.45, 7) is 8.09. The summed E-state index contributed by atoms with van der Waals surface area (Å²) >= 11 is 0. The van der Waals surface area contributed by atoms with Gasteiger partial charge >= 0.3 is 0 Å². The SMILES string of the molecule is C=CNc1c(C)cc(-c2cccnc2)cc1CCC. The second kappa shape index (κ2) is 6.19. The number of anilines is 1. The van der Waals surface area contributed by atoms with Gasteiger partial charge in [0.1, 0.15) is 0 Å². The van der Waals surface area contributed by atoms with Gasteiger partial charge in [0.25, 0.3) is 0 Å². The number of nitrogens with zero attached hydrogens (tertiary/aromatic N) is 1. The Kier molecular flexibility index (Phi) is 4.35. The second-order valence-corrected chi connectivity index (χ2v) is 4.67. The molecule has 0 fully saturated rings. The lowest BCUT2D eigenvalue weighted by atomic mass is 9.97. The Morgan fingerprint density at radius 3 is 2.79 bits per heavy atom. The van der Waals surface area contributed by atoms with E-state index in [4.69, 9.17) is 0 Å². The highest BCUT2D eigenvalue weighted by Crippen LogP contribution is 2.29. The van der Waals surface area contributed by atoms with Crippen molar-refractivity contribution in [2.45, 2.75) is 26.7 Å². The topological polar surface area (TPSA) is 24.9 Å².